The van der Waals surface area contributed by atoms with Crippen LogP contribution < -0.4 is 9.47 Å². The Morgan fingerprint density at radius 3 is 1.82 bits per heavy atom. The van der Waals surface area contributed by atoms with Crippen LogP contribution in [0.1, 0.15) is 20.8 Å². The highest BCUT2D eigenvalue weighted by molar-refractivity contribution is 7.91. The molecule has 15 heteroatoms. The number of rotatable bonds is 14. The van der Waals surface area contributed by atoms with Gasteiger partial charge in [-0.15, -0.1) is 11.6 Å². The molecule has 0 amide bonds. The van der Waals surface area contributed by atoms with E-state index in [-0.39, 0.29) is 50.4 Å². The lowest BCUT2D eigenvalue weighted by atomic mass is 10.3. The summed E-state index contributed by atoms with van der Waals surface area (Å²) in [4.78, 5) is 22.2. The fraction of sp³-hybridized carbons (Fsp3) is 0.417. The van der Waals surface area contributed by atoms with Crippen molar-refractivity contribution < 1.29 is 45.4 Å². The lowest BCUT2D eigenvalue weighted by molar-refractivity contribution is -0.147. The molecule has 0 fully saturated rings. The molecule has 0 aromatic heterocycles. The number of alkyl halides is 1. The van der Waals surface area contributed by atoms with Gasteiger partial charge in [-0.3, -0.25) is 9.59 Å². The van der Waals surface area contributed by atoms with Gasteiger partial charge in [0.2, 0.25) is 9.84 Å². The van der Waals surface area contributed by atoms with Gasteiger partial charge in [0, 0.05) is 19.6 Å². The Morgan fingerprint density at radius 2 is 1.33 bits per heavy atom. The lowest BCUT2D eigenvalue weighted by Gasteiger charge is -2.19. The van der Waals surface area contributed by atoms with Gasteiger partial charge in [0.05, 0.1) is 31.5 Å². The summed E-state index contributed by atoms with van der Waals surface area (Å²) < 4.78 is 71.3. The molecule has 0 aliphatic heterocycles. The topological polar surface area (TPSA) is 139 Å². The number of hydrogen-bond acceptors (Lipinski definition) is 10. The summed E-state index contributed by atoms with van der Waals surface area (Å²) in [5.74, 6) is -1.59. The predicted molar refractivity (Wildman–Crippen MR) is 146 cm³/mol. The zero-order valence-corrected chi connectivity index (χ0v) is 25.1. The number of sulfone groups is 2. The molecular weight excluding hydrogens is 619 g/mol. The Labute approximate surface area is 242 Å². The van der Waals surface area contributed by atoms with Gasteiger partial charge in [-0.1, -0.05) is 30.1 Å². The van der Waals surface area contributed by atoms with Crippen molar-refractivity contribution in [2.75, 3.05) is 30.6 Å². The van der Waals surface area contributed by atoms with Gasteiger partial charge in [-0.2, -0.15) is 0 Å². The number of hydrogen-bond donors (Lipinski definition) is 0. The van der Waals surface area contributed by atoms with Crippen LogP contribution in [0, 0.1) is 0 Å². The highest BCUT2D eigenvalue weighted by Crippen LogP contribution is 2.37. The second-order valence-electron chi connectivity index (χ2n) is 8.13. The van der Waals surface area contributed by atoms with Gasteiger partial charge in [0.15, 0.2) is 15.6 Å². The third kappa shape index (κ3) is 10.0. The molecule has 2 aromatic carbocycles. The molecule has 0 unspecified atom stereocenters. The van der Waals surface area contributed by atoms with Crippen LogP contribution in [0.25, 0.3) is 0 Å². The Morgan fingerprint density at radius 1 is 0.821 bits per heavy atom. The summed E-state index contributed by atoms with van der Waals surface area (Å²) in [7, 11) is -7.56. The quantitative estimate of drug-likeness (QED) is 0.218. The average molecular weight is 646 g/mol. The third-order valence-corrected chi connectivity index (χ3v) is 9.40. The van der Waals surface area contributed by atoms with E-state index in [4.69, 9.17) is 53.8 Å². The van der Waals surface area contributed by atoms with Crippen LogP contribution in [0.3, 0.4) is 0 Å². The molecule has 2 rings (SSSR count). The molecular formula is C24H27Cl3O10S2. The summed E-state index contributed by atoms with van der Waals surface area (Å²) >= 11 is 18.3. The van der Waals surface area contributed by atoms with E-state index in [1.807, 2.05) is 0 Å². The number of carbonyl (C=O) groups is 2. The molecule has 0 aliphatic carbocycles. The smallest absolute Gasteiger partial charge is 0.303 e. The van der Waals surface area contributed by atoms with Crippen molar-refractivity contribution >= 4 is 66.4 Å². The van der Waals surface area contributed by atoms with Gasteiger partial charge in [-0.25, -0.2) is 16.8 Å². The van der Waals surface area contributed by atoms with Gasteiger partial charge < -0.3 is 18.9 Å². The molecule has 0 saturated carbocycles. The standard InChI is InChI=1S/C24H27Cl3O10S2/c1-4-38(30,31)14-19(37-16(3)29)13-35-24-22(26)9-21(10-23(24)27)39(32,33)20-7-5-17(6-8-20)34-12-18(11-25)36-15(2)28/h5-10,18-19H,4,11-14H2,1-3H3/t18-,19-/m0/s1. The normalized spacial score (nSPS) is 13.3. The maximum absolute atomic E-state index is 13.2. The zero-order valence-electron chi connectivity index (χ0n) is 21.2. The van der Waals surface area contributed by atoms with Gasteiger partial charge in [0.25, 0.3) is 0 Å². The van der Waals surface area contributed by atoms with Gasteiger partial charge in [-0.05, 0) is 36.4 Å². The summed E-state index contributed by atoms with van der Waals surface area (Å²) in [6, 6.07) is 7.75. The van der Waals surface area contributed by atoms with Crippen LogP contribution in [-0.2, 0) is 38.7 Å². The van der Waals surface area contributed by atoms with Crippen LogP contribution >= 0.6 is 34.8 Å². The van der Waals surface area contributed by atoms with Crippen molar-refractivity contribution in [2.24, 2.45) is 0 Å². The lowest BCUT2D eigenvalue weighted by Crippen LogP contribution is -2.32. The van der Waals surface area contributed by atoms with Crippen molar-refractivity contribution in [1.82, 2.24) is 0 Å². The fourth-order valence-corrected chi connectivity index (χ4v) is 6.30. The Hall–Kier alpha value is -2.25. The van der Waals surface area contributed by atoms with E-state index in [1.165, 1.54) is 38.1 Å². The molecule has 216 valence electrons. The Kier molecular flexibility index (Phi) is 12.2. The molecule has 0 spiro atoms. The van der Waals surface area contributed by atoms with Crippen LogP contribution in [0.15, 0.2) is 46.2 Å². The molecule has 0 aliphatic rings. The monoisotopic (exact) mass is 644 g/mol. The van der Waals surface area contributed by atoms with Crippen molar-refractivity contribution in [2.45, 2.75) is 42.8 Å². The first kappa shape index (κ1) is 33.0. The highest BCUT2D eigenvalue weighted by atomic mass is 35.5. The third-order valence-electron chi connectivity index (χ3n) is 4.98. The zero-order chi connectivity index (χ0) is 29.4. The first-order chi connectivity index (χ1) is 18.2. The summed E-state index contributed by atoms with van der Waals surface area (Å²) in [6.45, 7) is 3.43. The second-order valence-corrected chi connectivity index (χ2v) is 13.6. The predicted octanol–water partition coefficient (Wildman–Crippen LogP) is 4.12. The van der Waals surface area contributed by atoms with Crippen molar-refractivity contribution in [1.29, 1.82) is 0 Å². The van der Waals surface area contributed by atoms with E-state index in [0.29, 0.717) is 5.75 Å². The summed E-state index contributed by atoms with van der Waals surface area (Å²) in [6.07, 6.45) is -1.80. The molecule has 0 saturated heterocycles. The van der Waals surface area contributed by atoms with Gasteiger partial charge in [0.1, 0.15) is 31.2 Å². The number of ether oxygens (including phenoxy) is 4. The van der Waals surface area contributed by atoms with Crippen LogP contribution in [0.5, 0.6) is 11.5 Å². The van der Waals surface area contributed by atoms with Crippen LogP contribution in [0.4, 0.5) is 0 Å². The fourth-order valence-electron chi connectivity index (χ4n) is 3.14. The molecule has 10 nitrogen and oxygen atoms in total. The molecule has 0 bridgehead atoms. The van der Waals surface area contributed by atoms with E-state index in [2.05, 4.69) is 0 Å². The second kappa shape index (κ2) is 14.4. The first-order valence-electron chi connectivity index (χ1n) is 11.4. The molecule has 0 radical (unpaired) electrons. The minimum atomic E-state index is -4.06. The minimum Gasteiger partial charge on any atom is -0.490 e. The first-order valence-corrected chi connectivity index (χ1v) is 16.0. The van der Waals surface area contributed by atoms with E-state index in [9.17, 15) is 26.4 Å². The van der Waals surface area contributed by atoms with Gasteiger partial charge >= 0.3 is 11.9 Å². The van der Waals surface area contributed by atoms with E-state index >= 15 is 0 Å². The maximum Gasteiger partial charge on any atom is 0.303 e. The summed E-state index contributed by atoms with van der Waals surface area (Å²) in [5.41, 5.74) is 0. The minimum absolute atomic E-state index is 0.0233. The number of halogens is 3. The van der Waals surface area contributed by atoms with Crippen LogP contribution in [0.2, 0.25) is 10.0 Å². The number of carbonyl (C=O) groups excluding carboxylic acids is 2. The number of esters is 2. The molecule has 2 atom stereocenters. The molecule has 39 heavy (non-hydrogen) atoms. The molecule has 0 heterocycles. The Balaban J connectivity index is 2.19. The highest BCUT2D eigenvalue weighted by Gasteiger charge is 2.25. The largest absolute Gasteiger partial charge is 0.490 e. The average Bonchev–Trinajstić information content (AvgIpc) is 2.85. The maximum atomic E-state index is 13.2. The summed E-state index contributed by atoms with van der Waals surface area (Å²) in [5, 5.41) is -0.308. The SMILES string of the molecule is CCS(=O)(=O)C[C@H](COc1c(Cl)cc(S(=O)(=O)c2ccc(OC[C@H](CCl)OC(C)=O)cc2)cc1Cl)OC(C)=O. The van der Waals surface area contributed by atoms with E-state index < -0.39 is 49.6 Å². The van der Waals surface area contributed by atoms with Crippen molar-refractivity contribution in [3.8, 4) is 11.5 Å². The Bertz CT molecular complexity index is 1350. The van der Waals surface area contributed by atoms with E-state index in [1.54, 1.807) is 0 Å². The van der Waals surface area contributed by atoms with Crippen LogP contribution in [-0.4, -0.2) is 71.6 Å². The number of benzene rings is 2. The molecule has 0 N–H and O–H groups in total. The van der Waals surface area contributed by atoms with Crippen molar-refractivity contribution in [3.63, 3.8) is 0 Å². The van der Waals surface area contributed by atoms with Crippen molar-refractivity contribution in [3.05, 3.63) is 46.4 Å². The molecule has 2 aromatic rings. The van der Waals surface area contributed by atoms with E-state index in [0.717, 1.165) is 19.1 Å².